The summed E-state index contributed by atoms with van der Waals surface area (Å²) in [6, 6.07) is 9.41. The molecule has 3 aromatic rings. The predicted octanol–water partition coefficient (Wildman–Crippen LogP) is 3.63. The third kappa shape index (κ3) is 10.1. The molecular formula is C30H37N5O9S. The van der Waals surface area contributed by atoms with Gasteiger partial charge in [0.25, 0.3) is 10.0 Å². The molecule has 1 aromatic heterocycles. The van der Waals surface area contributed by atoms with Gasteiger partial charge < -0.3 is 30.0 Å². The van der Waals surface area contributed by atoms with E-state index >= 15 is 0 Å². The van der Waals surface area contributed by atoms with Gasteiger partial charge in [-0.05, 0) is 54.3 Å². The summed E-state index contributed by atoms with van der Waals surface area (Å²) in [5.41, 5.74) is 0.816. The SMILES string of the molecule is COc1cnc(NS(=O)(=O)c2ccc(NC(=O)CC(CC(C)C)C(=O)NC(CC(=O)O)c3ccc(OC)c(OC)c3)cc2)nc1. The van der Waals surface area contributed by atoms with Crippen LogP contribution in [0.25, 0.3) is 0 Å². The van der Waals surface area contributed by atoms with E-state index in [0.717, 1.165) is 0 Å². The summed E-state index contributed by atoms with van der Waals surface area (Å²) in [6.45, 7) is 3.82. The third-order valence-corrected chi connectivity index (χ3v) is 7.95. The van der Waals surface area contributed by atoms with Gasteiger partial charge >= 0.3 is 5.97 Å². The molecule has 0 fully saturated rings. The van der Waals surface area contributed by atoms with Crippen molar-refractivity contribution in [1.82, 2.24) is 15.3 Å². The van der Waals surface area contributed by atoms with Crippen molar-refractivity contribution in [3.63, 3.8) is 0 Å². The highest BCUT2D eigenvalue weighted by Crippen LogP contribution is 2.31. The number of carboxylic acid groups (broad SMARTS) is 1. The van der Waals surface area contributed by atoms with Gasteiger partial charge in [0.15, 0.2) is 17.2 Å². The van der Waals surface area contributed by atoms with Crippen LogP contribution < -0.4 is 29.6 Å². The predicted molar refractivity (Wildman–Crippen MR) is 165 cm³/mol. The lowest BCUT2D eigenvalue weighted by Crippen LogP contribution is -2.37. The summed E-state index contributed by atoms with van der Waals surface area (Å²) in [5.74, 6) is -1.74. The first kappa shape index (κ1) is 34.6. The van der Waals surface area contributed by atoms with Crippen LogP contribution in [0.3, 0.4) is 0 Å². The molecule has 14 nitrogen and oxygen atoms in total. The fourth-order valence-electron chi connectivity index (χ4n) is 4.44. The Morgan fingerprint density at radius 2 is 1.53 bits per heavy atom. The molecule has 2 amide bonds. The summed E-state index contributed by atoms with van der Waals surface area (Å²) in [5, 5.41) is 15.0. The Morgan fingerprint density at radius 3 is 2.09 bits per heavy atom. The summed E-state index contributed by atoms with van der Waals surface area (Å²) < 4.78 is 43.3. The van der Waals surface area contributed by atoms with E-state index in [-0.39, 0.29) is 23.2 Å². The zero-order chi connectivity index (χ0) is 33.1. The first-order chi connectivity index (χ1) is 21.3. The van der Waals surface area contributed by atoms with E-state index in [0.29, 0.717) is 34.9 Å². The molecule has 0 aliphatic rings. The number of benzene rings is 2. The molecule has 3 rings (SSSR count). The van der Waals surface area contributed by atoms with Gasteiger partial charge in [0.2, 0.25) is 17.8 Å². The maximum atomic E-state index is 13.4. The van der Waals surface area contributed by atoms with Gasteiger partial charge in [-0.2, -0.15) is 0 Å². The zero-order valence-electron chi connectivity index (χ0n) is 25.6. The molecular weight excluding hydrogens is 606 g/mol. The number of hydrogen-bond donors (Lipinski definition) is 4. The van der Waals surface area contributed by atoms with Crippen molar-refractivity contribution >= 4 is 39.4 Å². The number of aromatic nitrogens is 2. The number of nitrogens with zero attached hydrogens (tertiary/aromatic N) is 2. The normalized spacial score (nSPS) is 12.5. The second kappa shape index (κ2) is 15.7. The van der Waals surface area contributed by atoms with Crippen molar-refractivity contribution in [2.24, 2.45) is 11.8 Å². The molecule has 45 heavy (non-hydrogen) atoms. The topological polar surface area (TPSA) is 195 Å². The second-order valence-electron chi connectivity index (χ2n) is 10.4. The number of aliphatic carboxylic acids is 1. The molecule has 1 heterocycles. The largest absolute Gasteiger partial charge is 0.494 e. The van der Waals surface area contributed by atoms with Crippen molar-refractivity contribution in [2.45, 2.75) is 44.0 Å². The molecule has 2 unspecified atom stereocenters. The van der Waals surface area contributed by atoms with E-state index in [4.69, 9.17) is 14.2 Å². The molecule has 0 aliphatic carbocycles. The lowest BCUT2D eigenvalue weighted by molar-refractivity contribution is -0.138. The minimum Gasteiger partial charge on any atom is -0.494 e. The van der Waals surface area contributed by atoms with Crippen LogP contribution in [0.4, 0.5) is 11.6 Å². The van der Waals surface area contributed by atoms with E-state index in [9.17, 15) is 27.9 Å². The Bertz CT molecular complexity index is 1580. The Morgan fingerprint density at radius 1 is 0.889 bits per heavy atom. The van der Waals surface area contributed by atoms with Crippen molar-refractivity contribution < 1.29 is 42.1 Å². The number of rotatable bonds is 16. The molecule has 15 heteroatoms. The van der Waals surface area contributed by atoms with Gasteiger partial charge in [-0.25, -0.2) is 23.1 Å². The third-order valence-electron chi connectivity index (χ3n) is 6.60. The summed E-state index contributed by atoms with van der Waals surface area (Å²) in [4.78, 5) is 45.8. The van der Waals surface area contributed by atoms with E-state index in [2.05, 4.69) is 25.3 Å². The smallest absolute Gasteiger partial charge is 0.305 e. The molecule has 0 saturated carbocycles. The number of anilines is 2. The quantitative estimate of drug-likeness (QED) is 0.178. The number of carbonyl (C=O) groups excluding carboxylic acids is 2. The van der Waals surface area contributed by atoms with Crippen LogP contribution >= 0.6 is 0 Å². The molecule has 4 N–H and O–H groups in total. The Labute approximate surface area is 261 Å². The summed E-state index contributed by atoms with van der Waals surface area (Å²) in [7, 11) is 0.344. The summed E-state index contributed by atoms with van der Waals surface area (Å²) in [6.07, 6.45) is 2.42. The fourth-order valence-corrected chi connectivity index (χ4v) is 5.40. The highest BCUT2D eigenvalue weighted by molar-refractivity contribution is 7.92. The van der Waals surface area contributed by atoms with Crippen LogP contribution in [0.2, 0.25) is 0 Å². The van der Waals surface area contributed by atoms with Crippen molar-refractivity contribution in [3.8, 4) is 17.2 Å². The molecule has 0 bridgehead atoms. The van der Waals surface area contributed by atoms with E-state index in [1.807, 2.05) is 13.8 Å². The van der Waals surface area contributed by atoms with E-state index < -0.39 is 46.2 Å². The molecule has 0 radical (unpaired) electrons. The van der Waals surface area contributed by atoms with Gasteiger partial charge in [-0.15, -0.1) is 0 Å². The van der Waals surface area contributed by atoms with Crippen LogP contribution in [-0.2, 0) is 24.4 Å². The van der Waals surface area contributed by atoms with Crippen LogP contribution in [0.1, 0.15) is 44.7 Å². The van der Waals surface area contributed by atoms with Gasteiger partial charge in [0.05, 0.1) is 51.1 Å². The number of sulfonamides is 1. The maximum Gasteiger partial charge on any atom is 0.305 e. The van der Waals surface area contributed by atoms with Crippen LogP contribution in [0.15, 0.2) is 59.8 Å². The minimum atomic E-state index is -4.01. The Balaban J connectivity index is 1.70. The number of nitrogens with one attached hydrogen (secondary N) is 3. The molecule has 0 aliphatic heterocycles. The first-order valence-electron chi connectivity index (χ1n) is 13.9. The minimum absolute atomic E-state index is 0.0548. The van der Waals surface area contributed by atoms with Crippen LogP contribution in [0.5, 0.6) is 17.2 Å². The van der Waals surface area contributed by atoms with Crippen molar-refractivity contribution in [1.29, 1.82) is 0 Å². The molecule has 242 valence electrons. The number of carboxylic acids is 1. The molecule has 2 aromatic carbocycles. The van der Waals surface area contributed by atoms with Crippen molar-refractivity contribution in [3.05, 3.63) is 60.4 Å². The average molecular weight is 644 g/mol. The highest BCUT2D eigenvalue weighted by atomic mass is 32.2. The summed E-state index contributed by atoms with van der Waals surface area (Å²) >= 11 is 0. The second-order valence-corrected chi connectivity index (χ2v) is 12.1. The zero-order valence-corrected chi connectivity index (χ0v) is 26.4. The van der Waals surface area contributed by atoms with Crippen molar-refractivity contribution in [2.75, 3.05) is 31.4 Å². The first-order valence-corrected chi connectivity index (χ1v) is 15.4. The Hall–Kier alpha value is -4.92. The number of methoxy groups -OCH3 is 3. The fraction of sp³-hybridized carbons (Fsp3) is 0.367. The molecule has 0 spiro atoms. The number of ether oxygens (including phenoxy) is 3. The number of amides is 2. The standard InChI is InChI=1S/C30H37N5O9S/c1-18(2)12-20(29(39)34-24(15-28(37)38)19-6-11-25(43-4)26(13-19)44-5)14-27(36)33-21-7-9-23(10-8-21)45(40,41)35-30-31-16-22(42-3)17-32-30/h6-11,13,16-18,20,24H,12,14-15H2,1-5H3,(H,33,36)(H,34,39)(H,37,38)(H,31,32,35). The lowest BCUT2D eigenvalue weighted by Gasteiger charge is -2.24. The Kier molecular flexibility index (Phi) is 12.1. The van der Waals surface area contributed by atoms with E-state index in [1.54, 1.807) is 18.2 Å². The van der Waals surface area contributed by atoms with Gasteiger partial charge in [0.1, 0.15) is 0 Å². The van der Waals surface area contributed by atoms with E-state index in [1.165, 1.54) is 58.0 Å². The number of carbonyl (C=O) groups is 3. The molecule has 0 saturated heterocycles. The van der Waals surface area contributed by atoms with Gasteiger partial charge in [0, 0.05) is 18.0 Å². The van der Waals surface area contributed by atoms with Crippen LogP contribution in [-0.4, -0.2) is 62.6 Å². The monoisotopic (exact) mass is 643 g/mol. The van der Waals surface area contributed by atoms with Gasteiger partial charge in [-0.3, -0.25) is 14.4 Å². The average Bonchev–Trinajstić information content (AvgIpc) is 3.00. The maximum absolute atomic E-state index is 13.4. The van der Waals surface area contributed by atoms with Crippen LogP contribution in [0, 0.1) is 11.8 Å². The highest BCUT2D eigenvalue weighted by Gasteiger charge is 2.27. The molecule has 2 atom stereocenters. The lowest BCUT2D eigenvalue weighted by atomic mass is 9.92. The van der Waals surface area contributed by atoms with Gasteiger partial charge in [-0.1, -0.05) is 19.9 Å². The number of hydrogen-bond acceptors (Lipinski definition) is 10.